The molecule has 0 saturated carbocycles. The average Bonchev–Trinajstić information content (AvgIpc) is 2.65. The zero-order valence-corrected chi connectivity index (χ0v) is 16.4. The van der Waals surface area contributed by atoms with Crippen LogP contribution < -0.4 is 17.1 Å². The molecule has 0 aromatic carbocycles. The van der Waals surface area contributed by atoms with E-state index in [1.165, 1.54) is 21.4 Å². The van der Waals surface area contributed by atoms with Gasteiger partial charge in [-0.05, 0) is 0 Å². The minimum Gasteiger partial charge on any atom is -0.338 e. The number of sulfonamides is 1. The highest BCUT2D eigenvalue weighted by Crippen LogP contribution is 2.06. The zero-order chi connectivity index (χ0) is 21.1. The summed E-state index contributed by atoms with van der Waals surface area (Å²) in [5, 5.41) is 0. The maximum Gasteiger partial charge on any atom is 0.337 e. The van der Waals surface area contributed by atoms with Crippen molar-refractivity contribution in [3.8, 4) is 0 Å². The van der Waals surface area contributed by atoms with Crippen molar-refractivity contribution in [2.24, 2.45) is 0 Å². The topological polar surface area (TPSA) is 124 Å². The van der Waals surface area contributed by atoms with Gasteiger partial charge in [-0.1, -0.05) is 12.2 Å². The van der Waals surface area contributed by atoms with Crippen molar-refractivity contribution in [3.05, 3.63) is 56.8 Å². The fraction of sp³-hybridized carbons (Fsp3) is 0.500. The predicted octanol–water partition coefficient (Wildman–Crippen LogP) is -2.35. The van der Waals surface area contributed by atoms with Crippen LogP contribution in [0.25, 0.3) is 0 Å². The maximum absolute atomic E-state index is 12.6. The van der Waals surface area contributed by atoms with Gasteiger partial charge in [0.2, 0.25) is 15.9 Å². The molecule has 1 amide bonds. The number of allylic oxidation sites excluding steroid dienone is 2. The molecule has 0 radical (unpaired) electrons. The van der Waals surface area contributed by atoms with Crippen molar-refractivity contribution in [2.45, 2.75) is 19.6 Å². The molecule has 1 aromatic rings. The molecule has 1 aliphatic rings. The smallest absolute Gasteiger partial charge is 0.337 e. The Morgan fingerprint density at radius 2 is 1.32 bits per heavy atom. The number of rotatable bonds is 7. The van der Waals surface area contributed by atoms with Gasteiger partial charge in [-0.2, -0.15) is 4.31 Å². The average molecular weight is 413 g/mol. The molecule has 28 heavy (non-hydrogen) atoms. The lowest BCUT2D eigenvalue weighted by Gasteiger charge is -2.33. The molecule has 0 unspecified atom stereocenters. The van der Waals surface area contributed by atoms with Gasteiger partial charge >= 0.3 is 17.1 Å². The zero-order valence-electron chi connectivity index (χ0n) is 15.6. The number of amides is 1. The van der Waals surface area contributed by atoms with Gasteiger partial charge in [0.15, 0.2) is 0 Å². The summed E-state index contributed by atoms with van der Waals surface area (Å²) in [4.78, 5) is 51.4. The summed E-state index contributed by atoms with van der Waals surface area (Å²) in [6.07, 6.45) is 3.76. The summed E-state index contributed by atoms with van der Waals surface area (Å²) >= 11 is 0. The van der Waals surface area contributed by atoms with Crippen LogP contribution >= 0.6 is 0 Å². The van der Waals surface area contributed by atoms with E-state index < -0.39 is 39.5 Å². The highest BCUT2D eigenvalue weighted by molar-refractivity contribution is 7.88. The van der Waals surface area contributed by atoms with Crippen molar-refractivity contribution >= 4 is 15.9 Å². The second-order valence-electron chi connectivity index (χ2n) is 6.28. The number of aromatic nitrogens is 3. The monoisotopic (exact) mass is 413 g/mol. The predicted molar refractivity (Wildman–Crippen MR) is 103 cm³/mol. The molecule has 1 aliphatic heterocycles. The van der Waals surface area contributed by atoms with Crippen LogP contribution in [0.4, 0.5) is 0 Å². The number of hydrogen-bond acceptors (Lipinski definition) is 6. The molecule has 12 heteroatoms. The van der Waals surface area contributed by atoms with Gasteiger partial charge in [0.25, 0.3) is 0 Å². The second kappa shape index (κ2) is 8.52. The van der Waals surface area contributed by atoms with E-state index >= 15 is 0 Å². The molecule has 1 saturated heterocycles. The summed E-state index contributed by atoms with van der Waals surface area (Å²) in [7, 11) is -3.35. The van der Waals surface area contributed by atoms with Gasteiger partial charge in [-0.3, -0.25) is 4.79 Å². The van der Waals surface area contributed by atoms with Crippen LogP contribution in [0.5, 0.6) is 0 Å². The lowest BCUT2D eigenvalue weighted by molar-refractivity contribution is -0.133. The van der Waals surface area contributed by atoms with Gasteiger partial charge in [0.1, 0.15) is 6.54 Å². The molecule has 0 aliphatic carbocycles. The largest absolute Gasteiger partial charge is 0.338 e. The number of hydrogen-bond donors (Lipinski definition) is 0. The summed E-state index contributed by atoms with van der Waals surface area (Å²) in [5.41, 5.74) is -2.61. The van der Waals surface area contributed by atoms with E-state index in [1.807, 2.05) is 0 Å². The van der Waals surface area contributed by atoms with Crippen molar-refractivity contribution < 1.29 is 13.2 Å². The van der Waals surface area contributed by atoms with Crippen molar-refractivity contribution in [1.82, 2.24) is 22.9 Å². The molecule has 1 aromatic heterocycles. The minimum atomic E-state index is -3.35. The second-order valence-corrected chi connectivity index (χ2v) is 8.26. The first-order valence-corrected chi connectivity index (χ1v) is 10.4. The maximum atomic E-state index is 12.6. The van der Waals surface area contributed by atoms with Gasteiger partial charge in [-0.15, -0.1) is 13.2 Å². The molecule has 0 N–H and O–H groups in total. The van der Waals surface area contributed by atoms with E-state index in [1.54, 1.807) is 0 Å². The van der Waals surface area contributed by atoms with Crippen LogP contribution in [0.3, 0.4) is 0 Å². The SMILES string of the molecule is C=CCn1c(=O)n(CC=C)c(=O)n(CC(=O)N2CCN(S(C)(=O)=O)CC2)c1=O. The number of carbonyl (C=O) groups excluding carboxylic acids is 1. The summed E-state index contributed by atoms with van der Waals surface area (Å²) in [6.45, 7) is 6.75. The van der Waals surface area contributed by atoms with Gasteiger partial charge in [0.05, 0.1) is 19.3 Å². The Morgan fingerprint density at radius 3 is 1.71 bits per heavy atom. The van der Waals surface area contributed by atoms with E-state index in [9.17, 15) is 27.6 Å². The molecular weight excluding hydrogens is 390 g/mol. The molecule has 1 fully saturated rings. The molecule has 0 spiro atoms. The van der Waals surface area contributed by atoms with Gasteiger partial charge < -0.3 is 4.90 Å². The van der Waals surface area contributed by atoms with E-state index in [4.69, 9.17) is 0 Å². The van der Waals surface area contributed by atoms with Crippen LogP contribution in [-0.2, 0) is 34.5 Å². The quantitative estimate of drug-likeness (QED) is 0.461. The number of nitrogens with zero attached hydrogens (tertiary/aromatic N) is 5. The Balaban J connectivity index is 2.33. The molecule has 0 bridgehead atoms. The van der Waals surface area contributed by atoms with Gasteiger partial charge in [0, 0.05) is 26.2 Å². The lowest BCUT2D eigenvalue weighted by Crippen LogP contribution is -2.57. The Kier molecular flexibility index (Phi) is 6.56. The van der Waals surface area contributed by atoms with E-state index in [0.717, 1.165) is 15.4 Å². The Hall–Kier alpha value is -2.73. The highest BCUT2D eigenvalue weighted by Gasteiger charge is 2.27. The lowest BCUT2D eigenvalue weighted by atomic mass is 10.3. The Bertz CT molecular complexity index is 1010. The molecule has 11 nitrogen and oxygen atoms in total. The summed E-state index contributed by atoms with van der Waals surface area (Å²) in [6, 6.07) is 0. The first-order valence-electron chi connectivity index (χ1n) is 8.51. The van der Waals surface area contributed by atoms with E-state index in [2.05, 4.69) is 13.2 Å². The van der Waals surface area contributed by atoms with Crippen LogP contribution in [0.2, 0.25) is 0 Å². The van der Waals surface area contributed by atoms with Gasteiger partial charge in [-0.25, -0.2) is 36.5 Å². The molecule has 154 valence electrons. The van der Waals surface area contributed by atoms with Crippen molar-refractivity contribution in [1.29, 1.82) is 0 Å². The normalized spacial score (nSPS) is 15.4. The Labute approximate surface area is 161 Å². The first kappa shape index (κ1) is 21.6. The molecular formula is C16H23N5O6S. The first-order chi connectivity index (χ1) is 13.1. The standard InChI is InChI=1S/C16H23N5O6S/c1-4-6-19-14(23)20(7-5-2)16(25)21(15(19)24)12-13(22)17-8-10-18(11-9-17)28(3,26)27/h4-5H,1-2,6-12H2,3H3. The summed E-state index contributed by atoms with van der Waals surface area (Å²) in [5.74, 6) is -0.513. The summed E-state index contributed by atoms with van der Waals surface area (Å²) < 4.78 is 26.7. The minimum absolute atomic E-state index is 0.115. The fourth-order valence-electron chi connectivity index (χ4n) is 2.89. The molecule has 2 heterocycles. The van der Waals surface area contributed by atoms with Crippen molar-refractivity contribution in [2.75, 3.05) is 32.4 Å². The fourth-order valence-corrected chi connectivity index (χ4v) is 3.72. The van der Waals surface area contributed by atoms with E-state index in [-0.39, 0.29) is 39.3 Å². The Morgan fingerprint density at radius 1 is 0.893 bits per heavy atom. The van der Waals surface area contributed by atoms with Crippen LogP contribution in [-0.4, -0.2) is 69.7 Å². The highest BCUT2D eigenvalue weighted by atomic mass is 32.2. The van der Waals surface area contributed by atoms with E-state index in [0.29, 0.717) is 4.57 Å². The third-order valence-corrected chi connectivity index (χ3v) is 5.67. The van der Waals surface area contributed by atoms with Crippen LogP contribution in [0.15, 0.2) is 39.7 Å². The third kappa shape index (κ3) is 4.39. The van der Waals surface area contributed by atoms with Crippen LogP contribution in [0, 0.1) is 0 Å². The number of carbonyl (C=O) groups is 1. The number of piperazine rings is 1. The van der Waals surface area contributed by atoms with Crippen molar-refractivity contribution in [3.63, 3.8) is 0 Å². The third-order valence-electron chi connectivity index (χ3n) is 4.36. The molecule has 0 atom stereocenters. The molecule has 2 rings (SSSR count). The van der Waals surface area contributed by atoms with Crippen LogP contribution in [0.1, 0.15) is 0 Å².